The standard InChI is InChI=1S/C10H12N3OS/c1-12-3-5-13(6-4-12)10-9-8(14-11-10)2-7-15-9/h2,7H,1,3-6H2. The van der Waals surface area contributed by atoms with E-state index >= 15 is 0 Å². The molecule has 15 heavy (non-hydrogen) atoms. The summed E-state index contributed by atoms with van der Waals surface area (Å²) in [6, 6.07) is 1.97. The summed E-state index contributed by atoms with van der Waals surface area (Å²) in [4.78, 5) is 4.35. The van der Waals surface area contributed by atoms with Crippen molar-refractivity contribution in [2.24, 2.45) is 0 Å². The van der Waals surface area contributed by atoms with Gasteiger partial charge in [-0.2, -0.15) is 0 Å². The van der Waals surface area contributed by atoms with Crippen molar-refractivity contribution in [1.29, 1.82) is 0 Å². The zero-order valence-corrected chi connectivity index (χ0v) is 9.16. The van der Waals surface area contributed by atoms with E-state index in [0.717, 1.165) is 42.3 Å². The van der Waals surface area contributed by atoms with E-state index < -0.39 is 0 Å². The topological polar surface area (TPSA) is 32.5 Å². The van der Waals surface area contributed by atoms with Crippen molar-refractivity contribution in [3.63, 3.8) is 0 Å². The highest BCUT2D eigenvalue weighted by Crippen LogP contribution is 2.31. The fourth-order valence-corrected chi connectivity index (χ4v) is 2.65. The van der Waals surface area contributed by atoms with Crippen molar-refractivity contribution < 1.29 is 4.52 Å². The van der Waals surface area contributed by atoms with Crippen LogP contribution in [0.25, 0.3) is 10.3 Å². The van der Waals surface area contributed by atoms with E-state index in [9.17, 15) is 0 Å². The third-order valence-electron chi connectivity index (χ3n) is 2.73. The Hall–Kier alpha value is -1.07. The van der Waals surface area contributed by atoms with E-state index in [1.54, 1.807) is 11.3 Å². The quantitative estimate of drug-likeness (QED) is 0.736. The Labute approximate surface area is 92.1 Å². The number of fused-ring (bicyclic) bond motifs is 1. The van der Waals surface area contributed by atoms with Gasteiger partial charge in [0.2, 0.25) is 0 Å². The first-order valence-corrected chi connectivity index (χ1v) is 5.86. The van der Waals surface area contributed by atoms with Crippen LogP contribution >= 0.6 is 11.3 Å². The average Bonchev–Trinajstić information content (AvgIpc) is 2.80. The average molecular weight is 222 g/mol. The summed E-state index contributed by atoms with van der Waals surface area (Å²) in [5.74, 6) is 0.994. The molecule has 1 fully saturated rings. The summed E-state index contributed by atoms with van der Waals surface area (Å²) in [7, 11) is 3.93. The summed E-state index contributed by atoms with van der Waals surface area (Å²) in [6.45, 7) is 3.92. The van der Waals surface area contributed by atoms with Crippen molar-refractivity contribution in [1.82, 2.24) is 10.1 Å². The van der Waals surface area contributed by atoms with E-state index in [-0.39, 0.29) is 0 Å². The fourth-order valence-electron chi connectivity index (χ4n) is 1.83. The number of hydrogen-bond acceptors (Lipinski definition) is 5. The normalized spacial score (nSPS) is 18.9. The molecule has 3 rings (SSSR count). The summed E-state index contributed by atoms with van der Waals surface area (Å²) in [6.07, 6.45) is 0. The number of thiophene rings is 1. The zero-order chi connectivity index (χ0) is 10.3. The maximum absolute atomic E-state index is 5.26. The Morgan fingerprint density at radius 2 is 2.13 bits per heavy atom. The molecule has 0 aliphatic carbocycles. The van der Waals surface area contributed by atoms with Crippen LogP contribution in [0.15, 0.2) is 16.0 Å². The van der Waals surface area contributed by atoms with Gasteiger partial charge in [-0.3, -0.25) is 4.90 Å². The van der Waals surface area contributed by atoms with Crippen molar-refractivity contribution >= 4 is 27.4 Å². The van der Waals surface area contributed by atoms with Crippen LogP contribution in [0.4, 0.5) is 5.82 Å². The molecule has 0 N–H and O–H groups in total. The Balaban J connectivity index is 1.91. The number of hydrogen-bond donors (Lipinski definition) is 0. The molecule has 0 spiro atoms. The maximum Gasteiger partial charge on any atom is 0.190 e. The van der Waals surface area contributed by atoms with Crippen molar-refractivity contribution in [3.8, 4) is 0 Å². The molecule has 5 heteroatoms. The van der Waals surface area contributed by atoms with Gasteiger partial charge in [-0.1, -0.05) is 5.16 Å². The monoisotopic (exact) mass is 222 g/mol. The molecule has 0 saturated carbocycles. The molecule has 1 aliphatic rings. The minimum Gasteiger partial charge on any atom is -0.353 e. The van der Waals surface area contributed by atoms with Crippen LogP contribution in [0.1, 0.15) is 0 Å². The van der Waals surface area contributed by atoms with Crippen LogP contribution in [0.2, 0.25) is 0 Å². The molecular formula is C10H12N3OS. The highest BCUT2D eigenvalue weighted by Gasteiger charge is 2.20. The summed E-state index contributed by atoms with van der Waals surface area (Å²) < 4.78 is 6.42. The second-order valence-corrected chi connectivity index (χ2v) is 4.64. The Morgan fingerprint density at radius 1 is 1.33 bits per heavy atom. The Bertz CT molecular complexity index is 456. The van der Waals surface area contributed by atoms with Crippen LogP contribution in [0, 0.1) is 7.05 Å². The van der Waals surface area contributed by atoms with Crippen LogP contribution in [0.3, 0.4) is 0 Å². The summed E-state index contributed by atoms with van der Waals surface area (Å²) in [5.41, 5.74) is 0.895. The van der Waals surface area contributed by atoms with Crippen LogP contribution in [0.5, 0.6) is 0 Å². The summed E-state index contributed by atoms with van der Waals surface area (Å²) >= 11 is 1.69. The second kappa shape index (κ2) is 3.50. The lowest BCUT2D eigenvalue weighted by molar-refractivity contribution is 0.340. The molecule has 0 bridgehead atoms. The van der Waals surface area contributed by atoms with Gasteiger partial charge in [0.1, 0.15) is 4.70 Å². The molecule has 0 aromatic carbocycles. The largest absolute Gasteiger partial charge is 0.353 e. The minimum atomic E-state index is 0.895. The summed E-state index contributed by atoms with van der Waals surface area (Å²) in [5, 5.41) is 6.17. The van der Waals surface area contributed by atoms with Gasteiger partial charge in [0, 0.05) is 33.2 Å². The number of rotatable bonds is 1. The predicted octanol–water partition coefficient (Wildman–Crippen LogP) is 1.80. The van der Waals surface area contributed by atoms with E-state index in [0.29, 0.717) is 0 Å². The van der Waals surface area contributed by atoms with Gasteiger partial charge in [-0.05, 0) is 11.4 Å². The highest BCUT2D eigenvalue weighted by molar-refractivity contribution is 7.17. The van der Waals surface area contributed by atoms with Crippen molar-refractivity contribution in [3.05, 3.63) is 18.5 Å². The third kappa shape index (κ3) is 1.52. The Kier molecular flexibility index (Phi) is 2.14. The first-order chi connectivity index (χ1) is 7.34. The third-order valence-corrected chi connectivity index (χ3v) is 3.63. The highest BCUT2D eigenvalue weighted by atomic mass is 32.1. The lowest BCUT2D eigenvalue weighted by atomic mass is 10.3. The van der Waals surface area contributed by atoms with E-state index in [1.807, 2.05) is 11.4 Å². The number of aromatic nitrogens is 1. The molecular weight excluding hydrogens is 210 g/mol. The lowest BCUT2D eigenvalue weighted by Crippen LogP contribution is -2.43. The molecule has 2 aromatic rings. The van der Waals surface area contributed by atoms with Gasteiger partial charge in [-0.25, -0.2) is 0 Å². The molecule has 0 atom stereocenters. The molecule has 2 aromatic heterocycles. The van der Waals surface area contributed by atoms with E-state index in [4.69, 9.17) is 4.52 Å². The molecule has 1 aliphatic heterocycles. The van der Waals surface area contributed by atoms with Gasteiger partial charge in [0.05, 0.1) is 0 Å². The number of piperazine rings is 1. The molecule has 3 heterocycles. The number of anilines is 1. The van der Waals surface area contributed by atoms with Crippen molar-refractivity contribution in [2.45, 2.75) is 0 Å². The molecule has 79 valence electrons. The Morgan fingerprint density at radius 3 is 2.93 bits per heavy atom. The van der Waals surface area contributed by atoms with Gasteiger partial charge >= 0.3 is 0 Å². The van der Waals surface area contributed by atoms with E-state index in [1.165, 1.54) is 0 Å². The lowest BCUT2D eigenvalue weighted by Gasteiger charge is -2.31. The van der Waals surface area contributed by atoms with E-state index in [2.05, 4.69) is 22.0 Å². The van der Waals surface area contributed by atoms with Gasteiger partial charge in [0.15, 0.2) is 11.4 Å². The number of nitrogens with zero attached hydrogens (tertiary/aromatic N) is 3. The van der Waals surface area contributed by atoms with Crippen LogP contribution < -0.4 is 4.90 Å². The van der Waals surface area contributed by atoms with Gasteiger partial charge in [-0.15, -0.1) is 11.3 Å². The minimum absolute atomic E-state index is 0.895. The second-order valence-electron chi connectivity index (χ2n) is 3.73. The molecule has 4 nitrogen and oxygen atoms in total. The molecule has 1 saturated heterocycles. The van der Waals surface area contributed by atoms with Crippen molar-refractivity contribution in [2.75, 3.05) is 31.1 Å². The first-order valence-electron chi connectivity index (χ1n) is 4.98. The fraction of sp³-hybridized carbons (Fsp3) is 0.400. The van der Waals surface area contributed by atoms with Gasteiger partial charge in [0.25, 0.3) is 0 Å². The SMILES string of the molecule is [CH2]N1CCN(c2noc3ccsc23)CC1. The first kappa shape index (κ1) is 9.18. The van der Waals surface area contributed by atoms with Crippen LogP contribution in [-0.2, 0) is 0 Å². The molecule has 0 amide bonds. The molecule has 0 unspecified atom stereocenters. The van der Waals surface area contributed by atoms with Crippen LogP contribution in [-0.4, -0.2) is 36.2 Å². The predicted molar refractivity (Wildman–Crippen MR) is 61.0 cm³/mol. The maximum atomic E-state index is 5.26. The van der Waals surface area contributed by atoms with Gasteiger partial charge < -0.3 is 9.42 Å². The zero-order valence-electron chi connectivity index (χ0n) is 8.35. The molecule has 1 radical (unpaired) electrons. The smallest absolute Gasteiger partial charge is 0.190 e.